The first-order valence-electron chi connectivity index (χ1n) is 7.49. The highest BCUT2D eigenvalue weighted by Gasteiger charge is 2.15. The van der Waals surface area contributed by atoms with Crippen LogP contribution in [0.25, 0.3) is 0 Å². The van der Waals surface area contributed by atoms with Crippen molar-refractivity contribution < 1.29 is 13.2 Å². The molecule has 126 valence electrons. The minimum atomic E-state index is -3.41. The summed E-state index contributed by atoms with van der Waals surface area (Å²) < 4.78 is 24.7. The third kappa shape index (κ3) is 4.27. The molecule has 0 aliphatic rings. The zero-order valence-electron chi connectivity index (χ0n) is 13.2. The molecule has 0 saturated heterocycles. The third-order valence-electron chi connectivity index (χ3n) is 3.50. The van der Waals surface area contributed by atoms with Crippen molar-refractivity contribution >= 4 is 21.6 Å². The highest BCUT2D eigenvalue weighted by molar-refractivity contribution is 7.90. The quantitative estimate of drug-likeness (QED) is 0.762. The Kier molecular flexibility index (Phi) is 4.85. The van der Waals surface area contributed by atoms with E-state index < -0.39 is 9.84 Å². The number of benzene rings is 2. The summed E-state index contributed by atoms with van der Waals surface area (Å²) in [4.78, 5) is 20.1. The summed E-state index contributed by atoms with van der Waals surface area (Å²) in [6.07, 6.45) is 2.87. The number of carbonyl (C=O) groups excluding carboxylic acids is 1. The average Bonchev–Trinajstić information content (AvgIpc) is 2.63. The number of rotatable bonds is 5. The second-order valence-electron chi connectivity index (χ2n) is 5.32. The van der Waals surface area contributed by atoms with Crippen molar-refractivity contribution in [3.8, 4) is 0 Å². The number of sulfone groups is 1. The Balaban J connectivity index is 1.71. The fourth-order valence-electron chi connectivity index (χ4n) is 2.24. The highest BCUT2D eigenvalue weighted by Crippen LogP contribution is 2.17. The molecule has 1 heterocycles. The van der Waals surface area contributed by atoms with Crippen molar-refractivity contribution in [2.75, 3.05) is 5.32 Å². The van der Waals surface area contributed by atoms with Crippen molar-refractivity contribution in [3.63, 3.8) is 0 Å². The maximum Gasteiger partial charge on any atom is 0.256 e. The first-order valence-corrected chi connectivity index (χ1v) is 9.14. The first-order chi connectivity index (χ1) is 12.0. The molecule has 0 bridgehead atoms. The van der Waals surface area contributed by atoms with Gasteiger partial charge < -0.3 is 5.32 Å². The highest BCUT2D eigenvalue weighted by atomic mass is 32.2. The third-order valence-corrected chi connectivity index (χ3v) is 5.20. The molecule has 25 heavy (non-hydrogen) atoms. The maximum absolute atomic E-state index is 12.4. The molecule has 1 amide bonds. The summed E-state index contributed by atoms with van der Waals surface area (Å²) in [6.45, 7) is 0. The normalized spacial score (nSPS) is 11.0. The van der Waals surface area contributed by atoms with Crippen LogP contribution in [0.15, 0.2) is 78.1 Å². The summed E-state index contributed by atoms with van der Waals surface area (Å²) in [5, 5.41) is 2.64. The fraction of sp³-hybridized carbons (Fsp3) is 0.0556. The van der Waals surface area contributed by atoms with Gasteiger partial charge in [0.1, 0.15) is 12.1 Å². The van der Waals surface area contributed by atoms with E-state index >= 15 is 0 Å². The van der Waals surface area contributed by atoms with Gasteiger partial charge >= 0.3 is 0 Å². The van der Waals surface area contributed by atoms with Crippen LogP contribution in [-0.4, -0.2) is 24.3 Å². The molecule has 7 heteroatoms. The molecule has 2 aromatic carbocycles. The largest absolute Gasteiger partial charge is 0.306 e. The molecule has 0 aliphatic carbocycles. The number of aromatic nitrogens is 2. The van der Waals surface area contributed by atoms with Crippen LogP contribution >= 0.6 is 0 Å². The molecule has 3 rings (SSSR count). The number of amides is 1. The number of nitrogens with zero attached hydrogens (tertiary/aromatic N) is 2. The van der Waals surface area contributed by atoms with Crippen LogP contribution < -0.4 is 5.32 Å². The molecule has 1 aromatic heterocycles. The van der Waals surface area contributed by atoms with Crippen molar-refractivity contribution in [3.05, 3.63) is 84.3 Å². The van der Waals surface area contributed by atoms with Gasteiger partial charge in [-0.1, -0.05) is 30.3 Å². The second kappa shape index (κ2) is 7.23. The monoisotopic (exact) mass is 353 g/mol. The van der Waals surface area contributed by atoms with E-state index in [1.165, 1.54) is 12.5 Å². The van der Waals surface area contributed by atoms with Crippen LogP contribution in [0.1, 0.15) is 15.9 Å². The van der Waals surface area contributed by atoms with Crippen LogP contribution in [0, 0.1) is 0 Å². The summed E-state index contributed by atoms with van der Waals surface area (Å²) in [5.74, 6) is -0.0444. The number of carbonyl (C=O) groups is 1. The van der Waals surface area contributed by atoms with Crippen LogP contribution in [0.2, 0.25) is 0 Å². The number of hydrogen-bond acceptors (Lipinski definition) is 5. The van der Waals surface area contributed by atoms with Crippen molar-refractivity contribution in [2.45, 2.75) is 10.6 Å². The zero-order chi connectivity index (χ0) is 17.7. The topological polar surface area (TPSA) is 89.0 Å². The standard InChI is InChI=1S/C18H15N3O3S/c22-18(21-17-10-11-19-13-20-17)15-8-6-14(7-9-15)12-25(23,24)16-4-2-1-3-5-16/h1-11,13H,12H2,(H,19,20,21,22). The summed E-state index contributed by atoms with van der Waals surface area (Å²) in [6, 6.07) is 16.3. The van der Waals surface area contributed by atoms with Gasteiger partial charge in [0, 0.05) is 11.8 Å². The molecule has 1 N–H and O–H groups in total. The van der Waals surface area contributed by atoms with E-state index in [4.69, 9.17) is 0 Å². The van der Waals surface area contributed by atoms with E-state index in [0.717, 1.165) is 0 Å². The molecule has 3 aromatic rings. The second-order valence-corrected chi connectivity index (χ2v) is 7.31. The van der Waals surface area contributed by atoms with Gasteiger partial charge in [-0.2, -0.15) is 0 Å². The Hall–Kier alpha value is -3.06. The van der Waals surface area contributed by atoms with Crippen LogP contribution in [0.5, 0.6) is 0 Å². The summed E-state index contributed by atoms with van der Waals surface area (Å²) in [7, 11) is -3.41. The van der Waals surface area contributed by atoms with Crippen molar-refractivity contribution in [1.82, 2.24) is 9.97 Å². The van der Waals surface area contributed by atoms with Crippen LogP contribution in [-0.2, 0) is 15.6 Å². The molecule has 0 atom stereocenters. The van der Waals surface area contributed by atoms with Gasteiger partial charge in [0.05, 0.1) is 10.6 Å². The summed E-state index contributed by atoms with van der Waals surface area (Å²) >= 11 is 0. The van der Waals surface area contributed by atoms with E-state index in [1.54, 1.807) is 60.7 Å². The molecule has 0 fully saturated rings. The molecular formula is C18H15N3O3S. The van der Waals surface area contributed by atoms with E-state index in [1.807, 2.05) is 0 Å². The van der Waals surface area contributed by atoms with Crippen LogP contribution in [0.3, 0.4) is 0 Å². The zero-order valence-corrected chi connectivity index (χ0v) is 14.0. The molecule has 0 radical (unpaired) electrons. The minimum absolute atomic E-state index is 0.120. The molecule has 0 aliphatic heterocycles. The molecule has 6 nitrogen and oxygen atoms in total. The smallest absolute Gasteiger partial charge is 0.256 e. The fourth-order valence-corrected chi connectivity index (χ4v) is 3.61. The molecule has 0 spiro atoms. The van der Waals surface area contributed by atoms with E-state index in [-0.39, 0.29) is 16.6 Å². The Morgan fingerprint density at radius 1 is 0.960 bits per heavy atom. The number of nitrogens with one attached hydrogen (secondary N) is 1. The Labute approximate surface area is 145 Å². The van der Waals surface area contributed by atoms with Crippen molar-refractivity contribution in [2.24, 2.45) is 0 Å². The lowest BCUT2D eigenvalue weighted by molar-refractivity contribution is 0.102. The SMILES string of the molecule is O=C(Nc1ccncn1)c1ccc(CS(=O)(=O)c2ccccc2)cc1. The lowest BCUT2D eigenvalue weighted by atomic mass is 10.1. The lowest BCUT2D eigenvalue weighted by Crippen LogP contribution is -2.13. The van der Waals surface area contributed by atoms with Gasteiger partial charge in [-0.15, -0.1) is 0 Å². The Bertz CT molecular complexity index is 957. The van der Waals surface area contributed by atoms with E-state index in [0.29, 0.717) is 16.9 Å². The molecule has 0 saturated carbocycles. The average molecular weight is 353 g/mol. The van der Waals surface area contributed by atoms with E-state index in [9.17, 15) is 13.2 Å². The minimum Gasteiger partial charge on any atom is -0.306 e. The predicted molar refractivity (Wildman–Crippen MR) is 93.8 cm³/mol. The van der Waals surface area contributed by atoms with Gasteiger partial charge in [0.2, 0.25) is 0 Å². The molecule has 0 unspecified atom stereocenters. The van der Waals surface area contributed by atoms with Crippen LogP contribution in [0.4, 0.5) is 5.82 Å². The van der Waals surface area contributed by atoms with Crippen molar-refractivity contribution in [1.29, 1.82) is 0 Å². The molecular weight excluding hydrogens is 338 g/mol. The van der Waals surface area contributed by atoms with Gasteiger partial charge in [-0.25, -0.2) is 18.4 Å². The van der Waals surface area contributed by atoms with Gasteiger partial charge in [0.15, 0.2) is 9.84 Å². The lowest BCUT2D eigenvalue weighted by Gasteiger charge is -2.07. The number of anilines is 1. The van der Waals surface area contributed by atoms with E-state index in [2.05, 4.69) is 15.3 Å². The number of hydrogen-bond donors (Lipinski definition) is 1. The van der Waals surface area contributed by atoms with Gasteiger partial charge in [0.25, 0.3) is 5.91 Å². The Morgan fingerprint density at radius 2 is 1.68 bits per heavy atom. The predicted octanol–water partition coefficient (Wildman–Crippen LogP) is 2.70. The first kappa shape index (κ1) is 16.8. The van der Waals surface area contributed by atoms with Gasteiger partial charge in [-0.05, 0) is 35.9 Å². The Morgan fingerprint density at radius 3 is 2.32 bits per heavy atom. The summed E-state index contributed by atoms with van der Waals surface area (Å²) in [5.41, 5.74) is 1.03. The van der Waals surface area contributed by atoms with Gasteiger partial charge in [-0.3, -0.25) is 4.79 Å². The maximum atomic E-state index is 12.4.